The van der Waals surface area contributed by atoms with Crippen LogP contribution in [0, 0.1) is 0 Å². The van der Waals surface area contributed by atoms with E-state index in [2.05, 4.69) is 27.5 Å². The molecule has 0 spiro atoms. The highest BCUT2D eigenvalue weighted by Gasteiger charge is 2.10. The first-order valence-electron chi connectivity index (χ1n) is 6.74. The Hall–Kier alpha value is -2.14. The number of halogens is 1. The Kier molecular flexibility index (Phi) is 5.11. The lowest BCUT2D eigenvalue weighted by atomic mass is 10.2. The minimum atomic E-state index is -0.299. The number of carbonyl (C=O) groups is 1. The summed E-state index contributed by atoms with van der Waals surface area (Å²) in [4.78, 5) is 20.3. The van der Waals surface area contributed by atoms with E-state index in [1.54, 1.807) is 30.3 Å². The number of nitrogens with zero attached hydrogens (tertiary/aromatic N) is 2. The van der Waals surface area contributed by atoms with E-state index in [1.807, 2.05) is 6.92 Å². The summed E-state index contributed by atoms with van der Waals surface area (Å²) in [6.45, 7) is 4.12. The topological polar surface area (TPSA) is 66.9 Å². The molecule has 5 nitrogen and oxygen atoms in total. The Balaban J connectivity index is 2.10. The Labute approximate surface area is 128 Å². The number of nitrogens with one attached hydrogen (secondary N) is 2. The summed E-state index contributed by atoms with van der Waals surface area (Å²) in [6.07, 6.45) is 2.34. The van der Waals surface area contributed by atoms with Crippen molar-refractivity contribution < 1.29 is 4.79 Å². The van der Waals surface area contributed by atoms with E-state index in [-0.39, 0.29) is 11.9 Å². The van der Waals surface area contributed by atoms with E-state index >= 15 is 0 Å². The molecule has 1 unspecified atom stereocenters. The minimum Gasteiger partial charge on any atom is -0.368 e. The third-order valence-corrected chi connectivity index (χ3v) is 3.22. The van der Waals surface area contributed by atoms with Crippen molar-refractivity contribution in [2.24, 2.45) is 0 Å². The first kappa shape index (κ1) is 15.3. The molecule has 0 saturated heterocycles. The van der Waals surface area contributed by atoms with E-state index in [0.717, 1.165) is 6.42 Å². The van der Waals surface area contributed by atoms with Crippen LogP contribution in [0.1, 0.15) is 30.8 Å². The third kappa shape index (κ3) is 4.43. The highest BCUT2D eigenvalue weighted by molar-refractivity contribution is 6.30. The SMILES string of the molecule is CCC(C)Nc1cc(C(=O)Nc2cccc(Cl)c2)ncn1. The van der Waals surface area contributed by atoms with Gasteiger partial charge in [-0.25, -0.2) is 9.97 Å². The van der Waals surface area contributed by atoms with Gasteiger partial charge in [0.05, 0.1) is 0 Å². The number of carbonyl (C=O) groups excluding carboxylic acids is 1. The zero-order chi connectivity index (χ0) is 15.2. The smallest absolute Gasteiger partial charge is 0.274 e. The number of hydrogen-bond donors (Lipinski definition) is 2. The van der Waals surface area contributed by atoms with Crippen molar-refractivity contribution in [2.45, 2.75) is 26.3 Å². The summed E-state index contributed by atoms with van der Waals surface area (Å²) >= 11 is 5.89. The van der Waals surface area contributed by atoms with Gasteiger partial charge in [0.2, 0.25) is 0 Å². The van der Waals surface area contributed by atoms with Gasteiger partial charge in [0, 0.05) is 22.8 Å². The molecule has 0 aliphatic carbocycles. The van der Waals surface area contributed by atoms with E-state index in [4.69, 9.17) is 11.6 Å². The van der Waals surface area contributed by atoms with Gasteiger partial charge in [0.25, 0.3) is 5.91 Å². The van der Waals surface area contributed by atoms with Crippen LogP contribution in [0.4, 0.5) is 11.5 Å². The van der Waals surface area contributed by atoms with Crippen LogP contribution in [0.3, 0.4) is 0 Å². The lowest BCUT2D eigenvalue weighted by molar-refractivity contribution is 0.102. The zero-order valence-corrected chi connectivity index (χ0v) is 12.7. The molecule has 6 heteroatoms. The standard InChI is InChI=1S/C15H17ClN4O/c1-3-10(2)19-14-8-13(17-9-18-14)15(21)20-12-6-4-5-11(16)7-12/h4-10H,3H2,1-2H3,(H,20,21)(H,17,18,19). The van der Waals surface area contributed by atoms with Gasteiger partial charge in [-0.2, -0.15) is 0 Å². The molecule has 0 saturated carbocycles. The van der Waals surface area contributed by atoms with Gasteiger partial charge >= 0.3 is 0 Å². The van der Waals surface area contributed by atoms with Crippen molar-refractivity contribution in [1.82, 2.24) is 9.97 Å². The van der Waals surface area contributed by atoms with E-state index in [1.165, 1.54) is 6.33 Å². The molecule has 1 aromatic heterocycles. The molecule has 1 amide bonds. The Morgan fingerprint density at radius 3 is 2.86 bits per heavy atom. The first-order valence-corrected chi connectivity index (χ1v) is 7.11. The van der Waals surface area contributed by atoms with Crippen molar-refractivity contribution >= 4 is 29.0 Å². The Morgan fingerprint density at radius 2 is 2.14 bits per heavy atom. The maximum Gasteiger partial charge on any atom is 0.274 e. The van der Waals surface area contributed by atoms with Gasteiger partial charge in [0.15, 0.2) is 0 Å². The number of anilines is 2. The highest BCUT2D eigenvalue weighted by atomic mass is 35.5. The predicted molar refractivity (Wildman–Crippen MR) is 84.8 cm³/mol. The molecule has 1 atom stereocenters. The molecule has 0 aliphatic rings. The van der Waals surface area contributed by atoms with Gasteiger partial charge in [-0.1, -0.05) is 24.6 Å². The second kappa shape index (κ2) is 7.04. The normalized spacial score (nSPS) is 11.8. The summed E-state index contributed by atoms with van der Waals surface area (Å²) in [6, 6.07) is 8.88. The summed E-state index contributed by atoms with van der Waals surface area (Å²) in [5.74, 6) is 0.336. The molecule has 2 N–H and O–H groups in total. The number of amides is 1. The van der Waals surface area contributed by atoms with Gasteiger partial charge < -0.3 is 10.6 Å². The van der Waals surface area contributed by atoms with Crippen LogP contribution in [-0.4, -0.2) is 21.9 Å². The first-order chi connectivity index (χ1) is 10.1. The lowest BCUT2D eigenvalue weighted by Gasteiger charge is -2.12. The molecular formula is C15H17ClN4O. The average Bonchev–Trinajstić information content (AvgIpc) is 2.47. The van der Waals surface area contributed by atoms with Gasteiger partial charge in [-0.05, 0) is 31.5 Å². The summed E-state index contributed by atoms with van der Waals surface area (Å²) < 4.78 is 0. The quantitative estimate of drug-likeness (QED) is 0.886. The number of rotatable bonds is 5. The van der Waals surface area contributed by atoms with Crippen molar-refractivity contribution in [2.75, 3.05) is 10.6 Å². The second-order valence-corrected chi connectivity index (χ2v) is 5.14. The Morgan fingerprint density at radius 1 is 1.33 bits per heavy atom. The molecule has 0 bridgehead atoms. The van der Waals surface area contributed by atoms with Crippen LogP contribution in [0.5, 0.6) is 0 Å². The fourth-order valence-corrected chi connectivity index (χ4v) is 1.87. The second-order valence-electron chi connectivity index (χ2n) is 4.71. The number of hydrogen-bond acceptors (Lipinski definition) is 4. The van der Waals surface area contributed by atoms with Crippen LogP contribution < -0.4 is 10.6 Å². The summed E-state index contributed by atoms with van der Waals surface area (Å²) in [5, 5.41) is 6.52. The van der Waals surface area contributed by atoms with Gasteiger partial charge in [0.1, 0.15) is 17.8 Å². The van der Waals surface area contributed by atoms with E-state index < -0.39 is 0 Å². The zero-order valence-electron chi connectivity index (χ0n) is 11.9. The van der Waals surface area contributed by atoms with Gasteiger partial charge in [-0.3, -0.25) is 4.79 Å². The largest absolute Gasteiger partial charge is 0.368 e. The fourth-order valence-electron chi connectivity index (χ4n) is 1.68. The van der Waals surface area contributed by atoms with Crippen molar-refractivity contribution in [3.63, 3.8) is 0 Å². The Bertz CT molecular complexity index is 633. The van der Waals surface area contributed by atoms with Crippen LogP contribution in [-0.2, 0) is 0 Å². The van der Waals surface area contributed by atoms with Gasteiger partial charge in [-0.15, -0.1) is 0 Å². The van der Waals surface area contributed by atoms with Crippen molar-refractivity contribution in [3.8, 4) is 0 Å². The molecule has 0 fully saturated rings. The fraction of sp³-hybridized carbons (Fsp3) is 0.267. The van der Waals surface area contributed by atoms with E-state index in [0.29, 0.717) is 22.2 Å². The minimum absolute atomic E-state index is 0.281. The molecule has 2 rings (SSSR count). The molecular weight excluding hydrogens is 288 g/mol. The number of aromatic nitrogens is 2. The molecule has 1 heterocycles. The van der Waals surface area contributed by atoms with Crippen molar-refractivity contribution in [3.05, 3.63) is 47.4 Å². The van der Waals surface area contributed by atoms with Crippen LogP contribution >= 0.6 is 11.6 Å². The molecule has 21 heavy (non-hydrogen) atoms. The monoisotopic (exact) mass is 304 g/mol. The maximum atomic E-state index is 12.2. The summed E-state index contributed by atoms with van der Waals surface area (Å²) in [5.41, 5.74) is 0.929. The van der Waals surface area contributed by atoms with E-state index in [9.17, 15) is 4.79 Å². The van der Waals surface area contributed by atoms with Crippen LogP contribution in [0.25, 0.3) is 0 Å². The molecule has 110 valence electrons. The molecule has 2 aromatic rings. The molecule has 1 aromatic carbocycles. The highest BCUT2D eigenvalue weighted by Crippen LogP contribution is 2.16. The molecule has 0 radical (unpaired) electrons. The predicted octanol–water partition coefficient (Wildman–Crippen LogP) is 3.59. The summed E-state index contributed by atoms with van der Waals surface area (Å²) in [7, 11) is 0. The lowest BCUT2D eigenvalue weighted by Crippen LogP contribution is -2.17. The van der Waals surface area contributed by atoms with Crippen molar-refractivity contribution in [1.29, 1.82) is 0 Å². The maximum absolute atomic E-state index is 12.2. The van der Waals surface area contributed by atoms with Crippen LogP contribution in [0.2, 0.25) is 5.02 Å². The number of benzene rings is 1. The van der Waals surface area contributed by atoms with Crippen LogP contribution in [0.15, 0.2) is 36.7 Å². The molecule has 0 aliphatic heterocycles. The average molecular weight is 305 g/mol. The third-order valence-electron chi connectivity index (χ3n) is 2.99.